The summed E-state index contributed by atoms with van der Waals surface area (Å²) < 4.78 is 0.971. The second kappa shape index (κ2) is 5.69. The quantitative estimate of drug-likeness (QED) is 0.913. The molecule has 2 heterocycles. The van der Waals surface area contributed by atoms with E-state index < -0.39 is 11.6 Å². The van der Waals surface area contributed by atoms with E-state index in [1.165, 1.54) is 11.3 Å². The number of carboxylic acid groups (broad SMARTS) is 1. The van der Waals surface area contributed by atoms with Gasteiger partial charge in [-0.05, 0) is 26.8 Å². The van der Waals surface area contributed by atoms with E-state index in [9.17, 15) is 14.7 Å². The van der Waals surface area contributed by atoms with Gasteiger partial charge in [0, 0.05) is 28.7 Å². The minimum Gasteiger partial charge on any atom is -0.465 e. The van der Waals surface area contributed by atoms with Crippen LogP contribution in [0.15, 0.2) is 23.8 Å². The summed E-state index contributed by atoms with van der Waals surface area (Å²) in [4.78, 5) is 28.5. The fraction of sp³-hybridized carbons (Fsp3) is 0.357. The van der Waals surface area contributed by atoms with Crippen molar-refractivity contribution in [2.24, 2.45) is 0 Å². The molecule has 0 aliphatic carbocycles. The molecule has 2 N–H and O–H groups in total. The highest BCUT2D eigenvalue weighted by Gasteiger charge is 2.28. The normalized spacial score (nSPS) is 11.4. The molecule has 2 aromatic rings. The molecule has 0 fully saturated rings. The Morgan fingerprint density at radius 2 is 2.14 bits per heavy atom. The monoisotopic (exact) mass is 307 g/mol. The lowest BCUT2D eigenvalue weighted by molar-refractivity contribution is -0.118. The molecule has 0 aromatic carbocycles. The Bertz CT molecular complexity index is 675. The maximum Gasteiger partial charge on any atom is 0.408 e. The van der Waals surface area contributed by atoms with Gasteiger partial charge in [-0.1, -0.05) is 0 Å². The van der Waals surface area contributed by atoms with E-state index in [0.717, 1.165) is 15.0 Å². The molecule has 6 nitrogen and oxygen atoms in total. The van der Waals surface area contributed by atoms with Crippen LogP contribution >= 0.6 is 11.3 Å². The molecule has 2 amide bonds. The van der Waals surface area contributed by atoms with Crippen molar-refractivity contribution < 1.29 is 14.7 Å². The number of carbonyl (C=O) groups excluding carboxylic acids is 1. The van der Waals surface area contributed by atoms with Crippen molar-refractivity contribution in [2.75, 3.05) is 11.9 Å². The van der Waals surface area contributed by atoms with E-state index in [1.807, 2.05) is 11.4 Å². The average Bonchev–Trinajstić information content (AvgIpc) is 2.78. The van der Waals surface area contributed by atoms with Gasteiger partial charge in [0.2, 0.25) is 5.91 Å². The van der Waals surface area contributed by atoms with Gasteiger partial charge in [0.05, 0.1) is 10.4 Å². The molecule has 2 rings (SSSR count). The highest BCUT2D eigenvalue weighted by atomic mass is 32.1. The number of nitrogens with zero attached hydrogens (tertiary/aromatic N) is 2. The van der Waals surface area contributed by atoms with Gasteiger partial charge in [-0.2, -0.15) is 0 Å². The minimum atomic E-state index is -1.11. The number of aromatic nitrogens is 1. The standard InChI is InChI=1S/C14H17N3O3S/c1-14(2,3)17(13(19)20)7-12(18)16-10-8-21-11-6-15-5-4-9(10)11/h4-6,8H,7H2,1-3H3,(H,16,18)(H,19,20). The summed E-state index contributed by atoms with van der Waals surface area (Å²) in [6.07, 6.45) is 2.27. The number of hydrogen-bond donors (Lipinski definition) is 2. The topological polar surface area (TPSA) is 82.5 Å². The molecule has 0 aliphatic heterocycles. The highest BCUT2D eigenvalue weighted by molar-refractivity contribution is 7.17. The van der Waals surface area contributed by atoms with Crippen LogP contribution < -0.4 is 5.32 Å². The van der Waals surface area contributed by atoms with Crippen molar-refractivity contribution in [1.82, 2.24) is 9.88 Å². The number of nitrogens with one attached hydrogen (secondary N) is 1. The minimum absolute atomic E-state index is 0.207. The van der Waals surface area contributed by atoms with E-state index in [0.29, 0.717) is 5.69 Å². The zero-order valence-electron chi connectivity index (χ0n) is 12.1. The van der Waals surface area contributed by atoms with Crippen LogP contribution in [-0.2, 0) is 4.79 Å². The summed E-state index contributed by atoms with van der Waals surface area (Å²) >= 11 is 1.48. The molecule has 0 aliphatic rings. The van der Waals surface area contributed by atoms with Crippen LogP contribution in [-0.4, -0.2) is 39.1 Å². The van der Waals surface area contributed by atoms with Crippen LogP contribution in [0, 0.1) is 0 Å². The number of hydrogen-bond acceptors (Lipinski definition) is 4. The molecule has 0 radical (unpaired) electrons. The Kier molecular flexibility index (Phi) is 4.13. The van der Waals surface area contributed by atoms with Gasteiger partial charge in [0.25, 0.3) is 0 Å². The number of anilines is 1. The van der Waals surface area contributed by atoms with Crippen LogP contribution in [0.1, 0.15) is 20.8 Å². The number of fused-ring (bicyclic) bond motifs is 1. The summed E-state index contributed by atoms with van der Waals surface area (Å²) in [5, 5.41) is 14.7. The first-order chi connectivity index (χ1) is 9.79. The van der Waals surface area contributed by atoms with Crippen molar-refractivity contribution in [2.45, 2.75) is 26.3 Å². The maximum atomic E-state index is 12.1. The van der Waals surface area contributed by atoms with Crippen LogP contribution in [0.3, 0.4) is 0 Å². The number of pyridine rings is 1. The summed E-state index contributed by atoms with van der Waals surface area (Å²) in [7, 11) is 0. The van der Waals surface area contributed by atoms with E-state index in [4.69, 9.17) is 0 Å². The second-order valence-electron chi connectivity index (χ2n) is 5.61. The van der Waals surface area contributed by atoms with Crippen LogP contribution in [0.2, 0.25) is 0 Å². The van der Waals surface area contributed by atoms with Crippen molar-refractivity contribution in [1.29, 1.82) is 0 Å². The zero-order chi connectivity index (χ0) is 15.6. The molecule has 0 saturated carbocycles. The molecule has 0 spiro atoms. The van der Waals surface area contributed by atoms with Crippen molar-refractivity contribution in [3.63, 3.8) is 0 Å². The third-order valence-electron chi connectivity index (χ3n) is 2.99. The first-order valence-corrected chi connectivity index (χ1v) is 7.28. The van der Waals surface area contributed by atoms with Crippen molar-refractivity contribution in [3.8, 4) is 0 Å². The smallest absolute Gasteiger partial charge is 0.408 e. The first-order valence-electron chi connectivity index (χ1n) is 6.40. The Hall–Kier alpha value is -2.15. The number of rotatable bonds is 3. The Balaban J connectivity index is 2.13. The molecule has 2 aromatic heterocycles. The predicted molar refractivity (Wildman–Crippen MR) is 82.7 cm³/mol. The van der Waals surface area contributed by atoms with E-state index in [-0.39, 0.29) is 12.5 Å². The summed E-state index contributed by atoms with van der Waals surface area (Å²) in [6, 6.07) is 1.82. The van der Waals surface area contributed by atoms with Gasteiger partial charge in [0.1, 0.15) is 6.54 Å². The second-order valence-corrected chi connectivity index (χ2v) is 6.52. The maximum absolute atomic E-state index is 12.1. The lowest BCUT2D eigenvalue weighted by atomic mass is 10.1. The van der Waals surface area contributed by atoms with Crippen LogP contribution in [0.5, 0.6) is 0 Å². The predicted octanol–water partition coefficient (Wildman–Crippen LogP) is 3.01. The summed E-state index contributed by atoms with van der Waals surface area (Å²) in [5.41, 5.74) is 0.0470. The third kappa shape index (κ3) is 3.49. The number of amides is 2. The lowest BCUT2D eigenvalue weighted by Crippen LogP contribution is -2.48. The SMILES string of the molecule is CC(C)(C)N(CC(=O)Nc1csc2cnccc12)C(=O)O. The average molecular weight is 307 g/mol. The highest BCUT2D eigenvalue weighted by Crippen LogP contribution is 2.29. The van der Waals surface area contributed by atoms with Gasteiger partial charge in [-0.15, -0.1) is 11.3 Å². The first kappa shape index (κ1) is 15.2. The molecule has 7 heteroatoms. The van der Waals surface area contributed by atoms with Gasteiger partial charge in [0.15, 0.2) is 0 Å². The molecule has 0 bridgehead atoms. The Morgan fingerprint density at radius 1 is 1.43 bits per heavy atom. The molecule has 21 heavy (non-hydrogen) atoms. The van der Waals surface area contributed by atoms with Gasteiger partial charge >= 0.3 is 6.09 Å². The molecular weight excluding hydrogens is 290 g/mol. The lowest BCUT2D eigenvalue weighted by Gasteiger charge is -2.32. The van der Waals surface area contributed by atoms with Gasteiger partial charge in [-0.25, -0.2) is 4.79 Å². The van der Waals surface area contributed by atoms with Crippen molar-refractivity contribution in [3.05, 3.63) is 23.8 Å². The summed E-state index contributed by atoms with van der Waals surface area (Å²) in [6.45, 7) is 5.04. The van der Waals surface area contributed by atoms with E-state index >= 15 is 0 Å². The van der Waals surface area contributed by atoms with E-state index in [2.05, 4.69) is 10.3 Å². The number of carbonyl (C=O) groups is 2. The Labute approximate surface area is 126 Å². The van der Waals surface area contributed by atoms with Crippen LogP contribution in [0.4, 0.5) is 10.5 Å². The molecule has 0 unspecified atom stereocenters. The fourth-order valence-corrected chi connectivity index (χ4v) is 2.76. The third-order valence-corrected chi connectivity index (χ3v) is 3.93. The Morgan fingerprint density at radius 3 is 2.76 bits per heavy atom. The fourth-order valence-electron chi connectivity index (χ4n) is 1.90. The van der Waals surface area contributed by atoms with E-state index in [1.54, 1.807) is 33.2 Å². The van der Waals surface area contributed by atoms with Crippen LogP contribution in [0.25, 0.3) is 10.1 Å². The molecule has 0 atom stereocenters. The van der Waals surface area contributed by atoms with Gasteiger partial charge in [-0.3, -0.25) is 14.7 Å². The zero-order valence-corrected chi connectivity index (χ0v) is 12.9. The van der Waals surface area contributed by atoms with Crippen molar-refractivity contribution >= 4 is 39.1 Å². The summed E-state index contributed by atoms with van der Waals surface area (Å²) in [5.74, 6) is -0.358. The van der Waals surface area contributed by atoms with Gasteiger partial charge < -0.3 is 10.4 Å². The molecule has 0 saturated heterocycles. The number of thiophene rings is 1. The molecular formula is C14H17N3O3S. The largest absolute Gasteiger partial charge is 0.465 e. The molecule has 112 valence electrons.